The molecule has 0 bridgehead atoms. The predicted molar refractivity (Wildman–Crippen MR) is 82.4 cm³/mol. The number of halogens is 3. The van der Waals surface area contributed by atoms with Gasteiger partial charge < -0.3 is 0 Å². The number of nitro benzene ring substituents is 2. The van der Waals surface area contributed by atoms with Crippen LogP contribution in [0.2, 0.25) is 0 Å². The second kappa shape index (κ2) is 6.95. The molecule has 0 aliphatic rings. The molecule has 1 N–H and O–H groups in total. The maximum atomic E-state index is 12.4. The van der Waals surface area contributed by atoms with E-state index in [1.54, 1.807) is 0 Å². The smallest absolute Gasteiger partial charge is 0.272 e. The van der Waals surface area contributed by atoms with E-state index in [1.807, 2.05) is 0 Å². The lowest BCUT2D eigenvalue weighted by atomic mass is 10.1. The predicted octanol–water partition coefficient (Wildman–Crippen LogP) is 3.97. The van der Waals surface area contributed by atoms with Crippen LogP contribution >= 0.6 is 0 Å². The highest BCUT2D eigenvalue weighted by atomic mass is 19.4. The summed E-state index contributed by atoms with van der Waals surface area (Å²) in [5, 5.41) is 25.3. The van der Waals surface area contributed by atoms with Gasteiger partial charge in [-0.1, -0.05) is 12.1 Å². The van der Waals surface area contributed by atoms with E-state index in [9.17, 15) is 33.4 Å². The van der Waals surface area contributed by atoms with E-state index in [2.05, 4.69) is 10.5 Å². The number of hydrogen-bond donors (Lipinski definition) is 1. The number of nitrogens with one attached hydrogen (secondary N) is 1. The molecule has 0 atom stereocenters. The number of alkyl halides is 3. The quantitative estimate of drug-likeness (QED) is 0.496. The Morgan fingerprint density at radius 2 is 1.64 bits per heavy atom. The molecule has 2 aromatic carbocycles. The molecule has 8 nitrogen and oxygen atoms in total. The summed E-state index contributed by atoms with van der Waals surface area (Å²) < 4.78 is 37.3. The summed E-state index contributed by atoms with van der Waals surface area (Å²) in [5.74, 6) is 0. The zero-order valence-electron chi connectivity index (χ0n) is 12.2. The average Bonchev–Trinajstić information content (AvgIpc) is 2.54. The van der Waals surface area contributed by atoms with Crippen molar-refractivity contribution in [2.24, 2.45) is 5.10 Å². The molecule has 2 rings (SSSR count). The van der Waals surface area contributed by atoms with E-state index in [1.165, 1.54) is 12.1 Å². The van der Waals surface area contributed by atoms with Crippen LogP contribution in [-0.2, 0) is 6.18 Å². The van der Waals surface area contributed by atoms with Crippen molar-refractivity contribution in [2.45, 2.75) is 6.18 Å². The lowest BCUT2D eigenvalue weighted by Crippen LogP contribution is -2.04. The molecule has 0 saturated heterocycles. The van der Waals surface area contributed by atoms with E-state index in [4.69, 9.17) is 0 Å². The number of nitrogens with zero attached hydrogens (tertiary/aromatic N) is 3. The third-order valence-corrected chi connectivity index (χ3v) is 3.03. The highest BCUT2D eigenvalue weighted by Crippen LogP contribution is 2.30. The third-order valence-electron chi connectivity index (χ3n) is 3.03. The minimum absolute atomic E-state index is 0.0984. The van der Waals surface area contributed by atoms with Crippen LogP contribution in [0.1, 0.15) is 11.1 Å². The SMILES string of the molecule is O=[N+]([O-])c1ccc(NN=Cc2ccc(C(F)(F)F)cc2)c([N+](=O)[O-])c1. The van der Waals surface area contributed by atoms with Crippen molar-refractivity contribution >= 4 is 23.3 Å². The largest absolute Gasteiger partial charge is 0.416 e. The fourth-order valence-electron chi connectivity index (χ4n) is 1.81. The molecule has 0 heterocycles. The topological polar surface area (TPSA) is 111 Å². The lowest BCUT2D eigenvalue weighted by molar-refractivity contribution is -0.393. The van der Waals surface area contributed by atoms with Gasteiger partial charge in [0.1, 0.15) is 5.69 Å². The Labute approximate surface area is 137 Å². The second-order valence-corrected chi connectivity index (χ2v) is 4.71. The van der Waals surface area contributed by atoms with Gasteiger partial charge in [-0.05, 0) is 23.8 Å². The summed E-state index contributed by atoms with van der Waals surface area (Å²) >= 11 is 0. The van der Waals surface area contributed by atoms with Gasteiger partial charge in [-0.2, -0.15) is 18.3 Å². The molecule has 0 aliphatic carbocycles. The summed E-state index contributed by atoms with van der Waals surface area (Å²) in [6.07, 6.45) is -3.29. The molecule has 0 amide bonds. The molecule has 0 spiro atoms. The molecule has 0 fully saturated rings. The number of hydrogen-bond acceptors (Lipinski definition) is 6. The number of rotatable bonds is 5. The van der Waals surface area contributed by atoms with E-state index >= 15 is 0 Å². The summed E-state index contributed by atoms with van der Waals surface area (Å²) in [7, 11) is 0. The van der Waals surface area contributed by atoms with Gasteiger partial charge in [0.2, 0.25) is 0 Å². The molecule has 0 aliphatic heterocycles. The van der Waals surface area contributed by atoms with Crippen molar-refractivity contribution in [3.05, 3.63) is 73.8 Å². The standard InChI is InChI=1S/C14H9F3N4O4/c15-14(16,17)10-3-1-9(2-4-10)8-18-19-12-6-5-11(20(22)23)7-13(12)21(24)25/h1-8,19H. The third kappa shape index (κ3) is 4.50. The van der Waals surface area contributed by atoms with Crippen molar-refractivity contribution in [3.63, 3.8) is 0 Å². The van der Waals surface area contributed by atoms with Gasteiger partial charge in [-0.25, -0.2) is 0 Å². The monoisotopic (exact) mass is 354 g/mol. The van der Waals surface area contributed by atoms with Crippen LogP contribution in [0.4, 0.5) is 30.2 Å². The number of hydrazone groups is 1. The Kier molecular flexibility index (Phi) is 4.96. The molecule has 130 valence electrons. The molecule has 2 aromatic rings. The molecular weight excluding hydrogens is 345 g/mol. The van der Waals surface area contributed by atoms with Crippen molar-refractivity contribution in [2.75, 3.05) is 5.43 Å². The van der Waals surface area contributed by atoms with Crippen LogP contribution in [0.5, 0.6) is 0 Å². The molecule has 0 aromatic heterocycles. The molecule has 11 heteroatoms. The summed E-state index contributed by atoms with van der Waals surface area (Å²) in [5.41, 5.74) is 0.735. The molecule has 25 heavy (non-hydrogen) atoms. The Morgan fingerprint density at radius 3 is 2.16 bits per heavy atom. The van der Waals surface area contributed by atoms with Gasteiger partial charge in [0.25, 0.3) is 5.69 Å². The molecular formula is C14H9F3N4O4. The van der Waals surface area contributed by atoms with Gasteiger partial charge in [0, 0.05) is 6.07 Å². The first-order valence-corrected chi connectivity index (χ1v) is 6.57. The van der Waals surface area contributed by atoms with Gasteiger partial charge in [0.15, 0.2) is 0 Å². The first-order valence-electron chi connectivity index (χ1n) is 6.57. The van der Waals surface area contributed by atoms with Crippen LogP contribution in [0.25, 0.3) is 0 Å². The summed E-state index contributed by atoms with van der Waals surface area (Å²) in [6.45, 7) is 0. The number of non-ortho nitro benzene ring substituents is 1. The molecule has 0 unspecified atom stereocenters. The second-order valence-electron chi connectivity index (χ2n) is 4.71. The summed E-state index contributed by atoms with van der Waals surface area (Å²) in [4.78, 5) is 20.0. The average molecular weight is 354 g/mol. The fourth-order valence-corrected chi connectivity index (χ4v) is 1.81. The first kappa shape index (κ1) is 17.8. The van der Waals surface area contributed by atoms with Crippen LogP contribution in [0, 0.1) is 20.2 Å². The van der Waals surface area contributed by atoms with Crippen molar-refractivity contribution in [3.8, 4) is 0 Å². The first-order chi connectivity index (χ1) is 11.7. The van der Waals surface area contributed by atoms with Crippen LogP contribution in [0.15, 0.2) is 47.6 Å². The Hall–Kier alpha value is -3.50. The zero-order valence-corrected chi connectivity index (χ0v) is 12.2. The maximum Gasteiger partial charge on any atom is 0.416 e. The molecule has 0 radical (unpaired) electrons. The highest BCUT2D eigenvalue weighted by molar-refractivity contribution is 5.80. The fraction of sp³-hybridized carbons (Fsp3) is 0.0714. The van der Waals surface area contributed by atoms with Crippen molar-refractivity contribution < 1.29 is 23.0 Å². The van der Waals surface area contributed by atoms with Crippen LogP contribution < -0.4 is 5.43 Å². The lowest BCUT2D eigenvalue weighted by Gasteiger charge is -2.06. The summed E-state index contributed by atoms with van der Waals surface area (Å²) in [6, 6.07) is 7.04. The maximum absolute atomic E-state index is 12.4. The van der Waals surface area contributed by atoms with Crippen molar-refractivity contribution in [1.82, 2.24) is 0 Å². The van der Waals surface area contributed by atoms with Crippen LogP contribution in [-0.4, -0.2) is 16.1 Å². The van der Waals surface area contributed by atoms with Gasteiger partial charge in [-0.3, -0.25) is 25.7 Å². The van der Waals surface area contributed by atoms with E-state index < -0.39 is 33.0 Å². The van der Waals surface area contributed by atoms with Gasteiger partial charge in [-0.15, -0.1) is 0 Å². The number of nitro groups is 2. The number of benzene rings is 2. The zero-order chi connectivity index (χ0) is 18.6. The minimum Gasteiger partial charge on any atom is -0.272 e. The molecule has 0 saturated carbocycles. The van der Waals surface area contributed by atoms with Gasteiger partial charge in [0.05, 0.1) is 27.7 Å². The van der Waals surface area contributed by atoms with Crippen LogP contribution in [0.3, 0.4) is 0 Å². The van der Waals surface area contributed by atoms with Gasteiger partial charge >= 0.3 is 11.9 Å². The van der Waals surface area contributed by atoms with E-state index in [0.717, 1.165) is 36.5 Å². The Balaban J connectivity index is 2.16. The normalized spacial score (nSPS) is 11.5. The minimum atomic E-state index is -4.45. The number of anilines is 1. The van der Waals surface area contributed by atoms with Crippen molar-refractivity contribution in [1.29, 1.82) is 0 Å². The Bertz CT molecular complexity index is 835. The highest BCUT2D eigenvalue weighted by Gasteiger charge is 2.29. The van der Waals surface area contributed by atoms with E-state index in [-0.39, 0.29) is 5.69 Å². The Morgan fingerprint density at radius 1 is 1.00 bits per heavy atom. The van der Waals surface area contributed by atoms with E-state index in [0.29, 0.717) is 5.56 Å².